The second kappa shape index (κ2) is 35.4. The SMILES string of the molecule is CCCCCCC(CCCC)C(=O)OCCCCOC(=O)CCN(CCC(=O)OCCCCOC(=O)C(CCCC)CCCCCC)CCC(C)N1C=CNC1. The maximum atomic E-state index is 12.7. The van der Waals surface area contributed by atoms with Gasteiger partial charge in [-0.05, 0) is 64.7 Å². The fraction of sp³-hybridized carbons (Fsp3) is 0.867. The Hall–Kier alpha value is -2.82. The Morgan fingerprint density at radius 3 is 1.39 bits per heavy atom. The lowest BCUT2D eigenvalue weighted by atomic mass is 9.95. The molecule has 0 aromatic rings. The van der Waals surface area contributed by atoms with E-state index >= 15 is 0 Å². The van der Waals surface area contributed by atoms with Gasteiger partial charge in [0.1, 0.15) is 0 Å². The average Bonchev–Trinajstić information content (AvgIpc) is 3.75. The Balaban J connectivity index is 2.40. The molecule has 1 rings (SSSR count). The van der Waals surface area contributed by atoms with Gasteiger partial charge in [-0.25, -0.2) is 0 Å². The van der Waals surface area contributed by atoms with Crippen molar-refractivity contribution in [2.24, 2.45) is 11.8 Å². The molecule has 0 aromatic heterocycles. The van der Waals surface area contributed by atoms with Crippen LogP contribution in [0.1, 0.15) is 182 Å². The van der Waals surface area contributed by atoms with Gasteiger partial charge in [0, 0.05) is 38.1 Å². The maximum Gasteiger partial charge on any atom is 0.308 e. The molecular weight excluding hydrogens is 711 g/mol. The number of esters is 4. The van der Waals surface area contributed by atoms with E-state index in [9.17, 15) is 19.2 Å². The van der Waals surface area contributed by atoms with E-state index in [-0.39, 0.29) is 48.6 Å². The highest BCUT2D eigenvalue weighted by molar-refractivity contribution is 5.73. The van der Waals surface area contributed by atoms with E-state index in [1.54, 1.807) is 0 Å². The van der Waals surface area contributed by atoms with Crippen LogP contribution in [0.4, 0.5) is 0 Å². The molecule has 1 heterocycles. The molecule has 3 atom stereocenters. The molecule has 0 fully saturated rings. The van der Waals surface area contributed by atoms with Gasteiger partial charge in [-0.15, -0.1) is 0 Å². The molecule has 1 aliphatic heterocycles. The molecule has 56 heavy (non-hydrogen) atoms. The van der Waals surface area contributed by atoms with Crippen LogP contribution in [0.25, 0.3) is 0 Å². The number of carbonyl (C=O) groups excluding carboxylic acids is 4. The second-order valence-corrected chi connectivity index (χ2v) is 15.7. The molecule has 326 valence electrons. The molecule has 0 amide bonds. The molecule has 0 aromatic carbocycles. The van der Waals surface area contributed by atoms with Gasteiger partial charge in [0.2, 0.25) is 0 Å². The van der Waals surface area contributed by atoms with Crippen LogP contribution < -0.4 is 5.32 Å². The van der Waals surface area contributed by atoms with E-state index < -0.39 is 0 Å². The summed E-state index contributed by atoms with van der Waals surface area (Å²) in [5.74, 6) is -0.729. The van der Waals surface area contributed by atoms with Crippen LogP contribution in [0.15, 0.2) is 12.4 Å². The molecule has 0 radical (unpaired) electrons. The summed E-state index contributed by atoms with van der Waals surface area (Å²) < 4.78 is 22.2. The van der Waals surface area contributed by atoms with Crippen molar-refractivity contribution < 1.29 is 38.1 Å². The minimum absolute atomic E-state index is 0.0121. The highest BCUT2D eigenvalue weighted by Gasteiger charge is 2.21. The summed E-state index contributed by atoms with van der Waals surface area (Å²) in [6.45, 7) is 14.6. The molecule has 0 bridgehead atoms. The van der Waals surface area contributed by atoms with Crippen LogP contribution in [-0.2, 0) is 38.1 Å². The minimum Gasteiger partial charge on any atom is -0.466 e. The zero-order valence-electron chi connectivity index (χ0n) is 36.5. The third-order valence-corrected chi connectivity index (χ3v) is 10.7. The summed E-state index contributed by atoms with van der Waals surface area (Å²) >= 11 is 0. The monoisotopic (exact) mass is 794 g/mol. The fourth-order valence-electron chi connectivity index (χ4n) is 6.83. The van der Waals surface area contributed by atoms with Crippen LogP contribution in [0.5, 0.6) is 0 Å². The Morgan fingerprint density at radius 1 is 0.554 bits per heavy atom. The van der Waals surface area contributed by atoms with Gasteiger partial charge in [0.05, 0.1) is 57.8 Å². The number of ether oxygens (including phenoxy) is 4. The van der Waals surface area contributed by atoms with Gasteiger partial charge in [-0.2, -0.15) is 0 Å². The highest BCUT2D eigenvalue weighted by atomic mass is 16.5. The van der Waals surface area contributed by atoms with Crippen molar-refractivity contribution in [3.8, 4) is 0 Å². The van der Waals surface area contributed by atoms with Gasteiger partial charge in [0.25, 0.3) is 0 Å². The van der Waals surface area contributed by atoms with Gasteiger partial charge in [0.15, 0.2) is 0 Å². The number of unbranched alkanes of at least 4 members (excludes halogenated alkanes) is 10. The molecular formula is C45H83N3O8. The van der Waals surface area contributed by atoms with Crippen LogP contribution in [-0.4, -0.2) is 92.4 Å². The van der Waals surface area contributed by atoms with Gasteiger partial charge >= 0.3 is 23.9 Å². The first kappa shape index (κ1) is 51.2. The summed E-state index contributed by atoms with van der Waals surface area (Å²) in [5.41, 5.74) is 0. The van der Waals surface area contributed by atoms with E-state index in [2.05, 4.69) is 49.7 Å². The fourth-order valence-corrected chi connectivity index (χ4v) is 6.83. The quantitative estimate of drug-likeness (QED) is 0.0365. The predicted molar refractivity (Wildman–Crippen MR) is 225 cm³/mol. The molecule has 11 heteroatoms. The van der Waals surface area contributed by atoms with Crippen molar-refractivity contribution in [3.05, 3.63) is 12.4 Å². The van der Waals surface area contributed by atoms with E-state index in [0.29, 0.717) is 71.2 Å². The van der Waals surface area contributed by atoms with E-state index in [4.69, 9.17) is 18.9 Å². The lowest BCUT2D eigenvalue weighted by Crippen LogP contribution is -2.36. The van der Waals surface area contributed by atoms with Gasteiger partial charge in [-0.1, -0.05) is 105 Å². The van der Waals surface area contributed by atoms with Crippen molar-refractivity contribution in [3.63, 3.8) is 0 Å². The number of hydrogen-bond donors (Lipinski definition) is 1. The van der Waals surface area contributed by atoms with Gasteiger partial charge in [-0.3, -0.25) is 19.2 Å². The van der Waals surface area contributed by atoms with Crippen LogP contribution in [0, 0.1) is 11.8 Å². The summed E-state index contributed by atoms with van der Waals surface area (Å²) in [4.78, 5) is 55.1. The van der Waals surface area contributed by atoms with E-state index in [1.165, 1.54) is 25.7 Å². The molecule has 1 aliphatic rings. The summed E-state index contributed by atoms with van der Waals surface area (Å²) in [6, 6.07) is 0.303. The molecule has 11 nitrogen and oxygen atoms in total. The van der Waals surface area contributed by atoms with E-state index in [1.807, 2.05) is 12.4 Å². The van der Waals surface area contributed by atoms with Crippen LogP contribution >= 0.6 is 0 Å². The highest BCUT2D eigenvalue weighted by Crippen LogP contribution is 2.21. The molecule has 1 N–H and O–H groups in total. The van der Waals surface area contributed by atoms with Crippen molar-refractivity contribution in [2.45, 2.75) is 188 Å². The summed E-state index contributed by atoms with van der Waals surface area (Å²) in [5, 5.41) is 3.20. The third kappa shape index (κ3) is 26.9. The minimum atomic E-state index is -0.269. The Labute approximate surface area is 341 Å². The lowest BCUT2D eigenvalue weighted by molar-refractivity contribution is -0.150. The first-order valence-corrected chi connectivity index (χ1v) is 22.8. The zero-order chi connectivity index (χ0) is 41.1. The van der Waals surface area contributed by atoms with Crippen molar-refractivity contribution >= 4 is 23.9 Å². The average molecular weight is 794 g/mol. The van der Waals surface area contributed by atoms with Crippen molar-refractivity contribution in [1.29, 1.82) is 0 Å². The van der Waals surface area contributed by atoms with Crippen LogP contribution in [0.3, 0.4) is 0 Å². The van der Waals surface area contributed by atoms with Crippen LogP contribution in [0.2, 0.25) is 0 Å². The molecule has 3 unspecified atom stereocenters. The number of nitrogens with zero attached hydrogens (tertiary/aromatic N) is 2. The Kier molecular flexibility index (Phi) is 32.3. The van der Waals surface area contributed by atoms with E-state index in [0.717, 1.165) is 96.7 Å². The number of hydrogen-bond acceptors (Lipinski definition) is 11. The molecule has 0 saturated carbocycles. The number of rotatable bonds is 38. The summed E-state index contributed by atoms with van der Waals surface area (Å²) in [7, 11) is 0. The van der Waals surface area contributed by atoms with Crippen molar-refractivity contribution in [1.82, 2.24) is 15.1 Å². The molecule has 0 spiro atoms. The molecule has 0 saturated heterocycles. The maximum absolute atomic E-state index is 12.7. The smallest absolute Gasteiger partial charge is 0.308 e. The molecule has 0 aliphatic carbocycles. The largest absolute Gasteiger partial charge is 0.466 e. The van der Waals surface area contributed by atoms with Crippen molar-refractivity contribution in [2.75, 3.05) is 52.7 Å². The summed E-state index contributed by atoms with van der Waals surface area (Å²) in [6.07, 6.45) is 25.0. The Bertz CT molecular complexity index is 977. The second-order valence-electron chi connectivity index (χ2n) is 15.7. The zero-order valence-corrected chi connectivity index (χ0v) is 36.5. The Morgan fingerprint density at radius 2 is 0.982 bits per heavy atom. The third-order valence-electron chi connectivity index (χ3n) is 10.7. The predicted octanol–water partition coefficient (Wildman–Crippen LogP) is 9.47. The normalized spacial score (nSPS) is 14.0. The lowest BCUT2D eigenvalue weighted by Gasteiger charge is -2.27. The topological polar surface area (TPSA) is 124 Å². The first-order chi connectivity index (χ1) is 27.2. The standard InChI is InChI=1S/C45H83N3O8/c1-6-10-14-16-24-40(22-12-8-3)44(51)55-36-20-18-34-53-42(49)27-31-47(30-26-39(5)48-33-29-46-38-48)32-28-43(50)54-35-19-21-37-56-45(52)41(23-13-9-4)25-17-15-11-7-2/h29,33,39-41,46H,6-28,30-32,34-38H2,1-5H3. The number of carbonyl (C=O) groups is 4. The number of nitrogens with one attached hydrogen (secondary N) is 1. The first-order valence-electron chi connectivity index (χ1n) is 22.8. The van der Waals surface area contributed by atoms with Gasteiger partial charge < -0.3 is 34.1 Å².